The monoisotopic (exact) mass is 335 g/mol. The maximum Gasteiger partial charge on any atom is 0.0366 e. The Morgan fingerprint density at radius 2 is 1.70 bits per heavy atom. The molecule has 5 heteroatoms. The number of hydrogen-bond acceptors (Lipinski definition) is 4. The second-order valence-corrected chi connectivity index (χ2v) is 9.71. The number of hydrogen-bond donors (Lipinski definition) is 0. The second-order valence-electron chi connectivity index (χ2n) is 6.96. The van der Waals surface area contributed by atoms with Crippen molar-refractivity contribution < 1.29 is 4.21 Å². The highest BCUT2D eigenvalue weighted by molar-refractivity contribution is 8.00. The molecule has 2 aliphatic rings. The summed E-state index contributed by atoms with van der Waals surface area (Å²) in [7, 11) is 0.398. The van der Waals surface area contributed by atoms with Gasteiger partial charge in [-0.15, -0.1) is 0 Å². The molecule has 0 saturated carbocycles. The lowest BCUT2D eigenvalue weighted by molar-refractivity contribution is 0.269. The van der Waals surface area contributed by atoms with Crippen molar-refractivity contribution in [3.8, 4) is 0 Å². The molecule has 0 N–H and O–H groups in total. The van der Waals surface area contributed by atoms with Gasteiger partial charge < -0.3 is 9.80 Å². The van der Waals surface area contributed by atoms with E-state index in [0.29, 0.717) is 0 Å². The van der Waals surface area contributed by atoms with E-state index in [-0.39, 0.29) is 0 Å². The zero-order valence-corrected chi connectivity index (χ0v) is 15.1. The summed E-state index contributed by atoms with van der Waals surface area (Å²) in [5.74, 6) is 5.28. The molecule has 0 radical (unpaired) electrons. The van der Waals surface area contributed by atoms with Crippen molar-refractivity contribution >= 4 is 21.1 Å². The Labute approximate surface area is 141 Å². The van der Waals surface area contributed by atoms with Gasteiger partial charge in [0.05, 0.1) is 0 Å². The highest BCUT2D eigenvalue weighted by Crippen LogP contribution is 2.19. The topological polar surface area (TPSA) is 26.8 Å². The molecule has 2 aliphatic heterocycles. The minimum Gasteiger partial charge on any atom is -0.370 e. The third kappa shape index (κ3) is 4.72. The van der Waals surface area contributed by atoms with Crippen molar-refractivity contribution in [2.45, 2.75) is 13.0 Å². The molecule has 0 spiro atoms. The second kappa shape index (κ2) is 7.24. The molecule has 3 rings (SSSR count). The summed E-state index contributed by atoms with van der Waals surface area (Å²) in [6.07, 6.45) is 1.26. The Hall–Kier alpha value is -1.04. The van der Waals surface area contributed by atoms with Crippen molar-refractivity contribution in [3.05, 3.63) is 29.8 Å². The summed E-state index contributed by atoms with van der Waals surface area (Å²) in [5.41, 5.74) is 2.63. The zero-order valence-electron chi connectivity index (χ0n) is 14.2. The number of anilines is 1. The molecule has 0 atom stereocenters. The normalized spacial score (nSPS) is 23.6. The molecule has 2 saturated heterocycles. The fourth-order valence-corrected chi connectivity index (χ4v) is 4.66. The average Bonchev–Trinajstić information content (AvgIpc) is 2.73. The number of nitrogens with zero attached hydrogens (tertiary/aromatic N) is 3. The van der Waals surface area contributed by atoms with Crippen molar-refractivity contribution in [2.24, 2.45) is 0 Å². The predicted molar refractivity (Wildman–Crippen MR) is 101 cm³/mol. The van der Waals surface area contributed by atoms with Crippen LogP contribution in [0.15, 0.2) is 24.3 Å². The molecule has 1 aromatic carbocycles. The number of rotatable bonds is 3. The molecule has 0 aliphatic carbocycles. The summed E-state index contributed by atoms with van der Waals surface area (Å²) >= 11 is 0. The van der Waals surface area contributed by atoms with E-state index in [9.17, 15) is 4.21 Å². The molecule has 0 bridgehead atoms. The van der Waals surface area contributed by atoms with Gasteiger partial charge >= 0.3 is 0 Å². The first kappa shape index (κ1) is 16.8. The van der Waals surface area contributed by atoms with Crippen LogP contribution in [0.2, 0.25) is 0 Å². The Bertz CT molecular complexity index is 598. The van der Waals surface area contributed by atoms with Crippen LogP contribution in [0, 0.1) is 0 Å². The summed E-state index contributed by atoms with van der Waals surface area (Å²) in [6, 6.07) is 8.94. The lowest BCUT2D eigenvalue weighted by Gasteiger charge is -2.31. The van der Waals surface area contributed by atoms with E-state index in [1.54, 1.807) is 0 Å². The Balaban J connectivity index is 1.57. The summed E-state index contributed by atoms with van der Waals surface area (Å²) < 4.78 is 12.0. The van der Waals surface area contributed by atoms with Crippen molar-refractivity contribution in [3.63, 3.8) is 0 Å². The van der Waals surface area contributed by atoms with Gasteiger partial charge in [0.2, 0.25) is 0 Å². The van der Waals surface area contributed by atoms with E-state index in [2.05, 4.69) is 51.9 Å². The van der Waals surface area contributed by atoms with Gasteiger partial charge in [-0.3, -0.25) is 9.11 Å². The Morgan fingerprint density at radius 3 is 2.39 bits per heavy atom. The summed E-state index contributed by atoms with van der Waals surface area (Å²) in [6.45, 7) is 7.48. The minimum absolute atomic E-state index is 0.718. The van der Waals surface area contributed by atoms with Crippen molar-refractivity contribution in [2.75, 3.05) is 62.7 Å². The number of likely N-dealkylation sites (N-methyl/N-ethyl adjacent to an activating group) is 1. The van der Waals surface area contributed by atoms with Crippen LogP contribution < -0.4 is 4.90 Å². The van der Waals surface area contributed by atoms with Gasteiger partial charge in [-0.25, -0.2) is 0 Å². The van der Waals surface area contributed by atoms with Gasteiger partial charge in [0.25, 0.3) is 0 Å². The molecule has 1 aromatic rings. The molecular weight excluding hydrogens is 306 g/mol. The maximum absolute atomic E-state index is 12.0. The fraction of sp³-hybridized carbons (Fsp3) is 0.611. The van der Waals surface area contributed by atoms with Crippen LogP contribution in [0.4, 0.5) is 5.69 Å². The third-order valence-electron chi connectivity index (χ3n) is 4.99. The molecule has 0 amide bonds. The van der Waals surface area contributed by atoms with E-state index >= 15 is 0 Å². The van der Waals surface area contributed by atoms with Gasteiger partial charge in [0.15, 0.2) is 0 Å². The van der Waals surface area contributed by atoms with Crippen LogP contribution in [0.25, 0.3) is 0 Å². The fourth-order valence-electron chi connectivity index (χ4n) is 3.35. The Kier molecular flexibility index (Phi) is 5.29. The Morgan fingerprint density at radius 1 is 1.00 bits per heavy atom. The summed E-state index contributed by atoms with van der Waals surface area (Å²) in [5, 5.41) is 0. The highest BCUT2D eigenvalue weighted by atomic mass is 32.2. The molecule has 2 heterocycles. The molecule has 0 aromatic heterocycles. The first-order valence-corrected chi connectivity index (χ1v) is 10.7. The third-order valence-corrected chi connectivity index (χ3v) is 6.84. The lowest BCUT2D eigenvalue weighted by Crippen LogP contribution is -2.40. The first-order chi connectivity index (χ1) is 11.0. The van der Waals surface area contributed by atoms with Crippen LogP contribution in [-0.4, -0.2) is 77.7 Å². The van der Waals surface area contributed by atoms with Gasteiger partial charge in [0.1, 0.15) is 0 Å². The first-order valence-electron chi connectivity index (χ1n) is 8.59. The summed E-state index contributed by atoms with van der Waals surface area (Å²) in [4.78, 5) is 7.30. The van der Waals surface area contributed by atoms with E-state index < -0.39 is 9.52 Å². The quantitative estimate of drug-likeness (QED) is 0.780. The van der Waals surface area contributed by atoms with Gasteiger partial charge in [-0.2, -0.15) is 0 Å². The number of benzene rings is 1. The van der Waals surface area contributed by atoms with E-state index in [1.165, 1.54) is 30.8 Å². The largest absolute Gasteiger partial charge is 0.370 e. The van der Waals surface area contributed by atoms with Crippen LogP contribution in [0.3, 0.4) is 0 Å². The van der Waals surface area contributed by atoms with Crippen molar-refractivity contribution in [1.82, 2.24) is 9.80 Å². The minimum atomic E-state index is -1.81. The molecule has 0 unspecified atom stereocenters. The molecule has 23 heavy (non-hydrogen) atoms. The van der Waals surface area contributed by atoms with Gasteiger partial charge in [-0.1, -0.05) is 12.1 Å². The standard InChI is InChI=1S/C18H29N3OS/c1-19-8-3-9-20(11-10-19)16-17-4-6-18(7-5-17)21-12-14-23(2,22)15-13-21/h4-7H,2-3,8-16H2,1H3. The van der Waals surface area contributed by atoms with E-state index in [1.807, 2.05) is 0 Å². The SMILES string of the molecule is C=S1(=O)CCN(c2ccc(CN3CCCN(C)CC3)cc2)CC1. The predicted octanol–water partition coefficient (Wildman–Crippen LogP) is 1.36. The van der Waals surface area contributed by atoms with Crippen LogP contribution in [0.5, 0.6) is 0 Å². The average molecular weight is 336 g/mol. The van der Waals surface area contributed by atoms with Crippen LogP contribution in [0.1, 0.15) is 12.0 Å². The van der Waals surface area contributed by atoms with Gasteiger partial charge in [0, 0.05) is 49.9 Å². The zero-order chi connectivity index (χ0) is 16.3. The van der Waals surface area contributed by atoms with E-state index in [0.717, 1.165) is 44.2 Å². The maximum atomic E-state index is 12.0. The van der Waals surface area contributed by atoms with Crippen molar-refractivity contribution in [1.29, 1.82) is 0 Å². The van der Waals surface area contributed by atoms with Gasteiger partial charge in [-0.05, 0) is 59.6 Å². The smallest absolute Gasteiger partial charge is 0.0366 e. The molecule has 2 fully saturated rings. The molecular formula is C18H29N3OS. The molecule has 128 valence electrons. The van der Waals surface area contributed by atoms with E-state index in [4.69, 9.17) is 0 Å². The van der Waals surface area contributed by atoms with Crippen LogP contribution >= 0.6 is 0 Å². The van der Waals surface area contributed by atoms with Crippen LogP contribution in [-0.2, 0) is 16.1 Å². The highest BCUT2D eigenvalue weighted by Gasteiger charge is 2.18. The lowest BCUT2D eigenvalue weighted by atomic mass is 10.1. The molecule has 4 nitrogen and oxygen atoms in total.